The van der Waals surface area contributed by atoms with Crippen molar-refractivity contribution in [3.8, 4) is 16.9 Å². The van der Waals surface area contributed by atoms with Crippen molar-refractivity contribution in [3.05, 3.63) is 111 Å². The number of nitrogens with zero attached hydrogens (tertiary/aromatic N) is 4. The van der Waals surface area contributed by atoms with Crippen LogP contribution in [-0.2, 0) is 19.1 Å². The molecule has 0 radical (unpaired) electrons. The molecule has 1 fully saturated rings. The van der Waals surface area contributed by atoms with Gasteiger partial charge in [0.2, 0.25) is 0 Å². The molecule has 1 aliphatic carbocycles. The first kappa shape index (κ1) is 23.2. The van der Waals surface area contributed by atoms with E-state index in [-0.39, 0.29) is 11.6 Å². The van der Waals surface area contributed by atoms with Crippen LogP contribution in [0.3, 0.4) is 0 Å². The number of hydrogen-bond donors (Lipinski definition) is 1. The average molecular weight is 525 g/mol. The van der Waals surface area contributed by atoms with E-state index >= 15 is 0 Å². The van der Waals surface area contributed by atoms with Crippen molar-refractivity contribution >= 4 is 22.5 Å². The van der Waals surface area contributed by atoms with Gasteiger partial charge in [-0.15, -0.1) is 10.2 Å². The van der Waals surface area contributed by atoms with Crippen LogP contribution in [0.5, 0.6) is 5.75 Å². The normalized spacial score (nSPS) is 18.8. The summed E-state index contributed by atoms with van der Waals surface area (Å²) in [5.41, 5.74) is 3.22. The van der Waals surface area contributed by atoms with Crippen LogP contribution in [0.15, 0.2) is 77.9 Å². The van der Waals surface area contributed by atoms with Crippen LogP contribution in [0, 0.1) is 0 Å². The zero-order valence-corrected chi connectivity index (χ0v) is 21.5. The minimum absolute atomic E-state index is 0.0106. The lowest BCUT2D eigenvalue weighted by Crippen LogP contribution is -2.32. The van der Waals surface area contributed by atoms with Gasteiger partial charge in [-0.25, -0.2) is 0 Å². The van der Waals surface area contributed by atoms with Gasteiger partial charge in [0.1, 0.15) is 12.1 Å². The third-order valence-corrected chi connectivity index (χ3v) is 7.96. The average Bonchev–Trinajstić information content (AvgIpc) is 3.66. The van der Waals surface area contributed by atoms with Gasteiger partial charge in [-0.05, 0) is 64.9 Å². The van der Waals surface area contributed by atoms with Crippen molar-refractivity contribution in [1.82, 2.24) is 19.3 Å². The first-order valence-corrected chi connectivity index (χ1v) is 13.1. The van der Waals surface area contributed by atoms with E-state index in [0.717, 1.165) is 40.4 Å². The first-order chi connectivity index (χ1) is 18.4. The number of hydrogen-bond acceptors (Lipinski definition) is 5. The van der Waals surface area contributed by atoms with E-state index in [0.29, 0.717) is 40.8 Å². The molecule has 190 valence electrons. The van der Waals surface area contributed by atoms with Crippen LogP contribution in [0.4, 0.5) is 0 Å². The molecular weight excluding hydrogens is 500 g/mol. The van der Waals surface area contributed by atoms with Crippen LogP contribution in [0.1, 0.15) is 41.4 Å². The molecule has 1 unspecified atom stereocenters. The molecule has 0 amide bonds. The topological polar surface area (TPSA) is 82.2 Å². The minimum Gasteiger partial charge on any atom is -0.492 e. The number of benzene rings is 3. The quantitative estimate of drug-likeness (QED) is 0.351. The van der Waals surface area contributed by atoms with Gasteiger partial charge in [0.15, 0.2) is 11.4 Å². The zero-order valence-electron chi connectivity index (χ0n) is 20.8. The van der Waals surface area contributed by atoms with Gasteiger partial charge in [-0.1, -0.05) is 48.0 Å². The van der Waals surface area contributed by atoms with Crippen LogP contribution in [0.25, 0.3) is 22.0 Å². The van der Waals surface area contributed by atoms with Crippen molar-refractivity contribution in [2.75, 3.05) is 6.61 Å². The van der Waals surface area contributed by atoms with Crippen molar-refractivity contribution in [1.29, 1.82) is 0 Å². The molecule has 5 aromatic rings. The maximum absolute atomic E-state index is 13.4. The van der Waals surface area contributed by atoms with Crippen LogP contribution in [0.2, 0.25) is 5.02 Å². The highest BCUT2D eigenvalue weighted by atomic mass is 35.5. The van der Waals surface area contributed by atoms with E-state index in [2.05, 4.69) is 22.3 Å². The van der Waals surface area contributed by atoms with E-state index in [1.54, 1.807) is 42.2 Å². The summed E-state index contributed by atoms with van der Waals surface area (Å²) < 4.78 is 9.70. The van der Waals surface area contributed by atoms with E-state index in [1.807, 2.05) is 34.9 Å². The molecule has 1 saturated carbocycles. The Bertz CT molecular complexity index is 1790. The van der Waals surface area contributed by atoms with Crippen molar-refractivity contribution in [2.24, 2.45) is 7.05 Å². The SMILES string of the molecule is Cn1cnnc1C1(O)c2ccc(Cl)c(c2)OCCc2cccc(c2)-c2cc(=O)n(C3CC3)c3ccc1cc23. The molecule has 38 heavy (non-hydrogen) atoms. The summed E-state index contributed by atoms with van der Waals surface area (Å²) in [4.78, 5) is 13.4. The summed E-state index contributed by atoms with van der Waals surface area (Å²) in [6, 6.07) is 21.2. The van der Waals surface area contributed by atoms with Gasteiger partial charge in [0, 0.05) is 31.0 Å². The number of aliphatic hydroxyl groups is 1. The largest absolute Gasteiger partial charge is 0.492 e. The third-order valence-electron chi connectivity index (χ3n) is 7.65. The summed E-state index contributed by atoms with van der Waals surface area (Å²) >= 11 is 6.51. The molecule has 2 aromatic heterocycles. The standard InChI is InChI=1S/C30H25ClN4O3/c1-34-17-32-33-29(34)30(37)20-6-10-26-24(14-20)23(16-28(36)35(26)22-7-8-22)19-4-2-3-18(13-19)11-12-38-27-15-21(30)5-9-25(27)31/h2-6,9-10,13-17,22,37H,7-8,11-12H2,1H3. The number of rotatable bonds is 2. The minimum atomic E-state index is -1.66. The summed E-state index contributed by atoms with van der Waals surface area (Å²) in [5, 5.41) is 22.3. The highest BCUT2D eigenvalue weighted by molar-refractivity contribution is 6.32. The molecule has 2 aliphatic rings. The maximum Gasteiger partial charge on any atom is 0.251 e. The lowest BCUT2D eigenvalue weighted by atomic mass is 9.83. The van der Waals surface area contributed by atoms with Gasteiger partial charge in [-0.3, -0.25) is 4.79 Å². The molecule has 0 saturated heterocycles. The smallest absolute Gasteiger partial charge is 0.251 e. The second kappa shape index (κ2) is 8.55. The fourth-order valence-electron chi connectivity index (χ4n) is 5.57. The van der Waals surface area contributed by atoms with Crippen molar-refractivity contribution < 1.29 is 9.84 Å². The Morgan fingerprint density at radius 2 is 1.87 bits per heavy atom. The molecule has 1 atom stereocenters. The molecule has 3 aromatic carbocycles. The lowest BCUT2D eigenvalue weighted by Gasteiger charge is -2.29. The molecular formula is C30H25ClN4O3. The van der Waals surface area contributed by atoms with Gasteiger partial charge in [0.05, 0.1) is 17.1 Å². The van der Waals surface area contributed by atoms with E-state index < -0.39 is 5.60 Å². The molecule has 7 rings (SSSR count). The molecule has 0 spiro atoms. The van der Waals surface area contributed by atoms with E-state index in [4.69, 9.17) is 16.3 Å². The maximum atomic E-state index is 13.4. The zero-order chi connectivity index (χ0) is 26.0. The molecule has 6 bridgehead atoms. The van der Waals surface area contributed by atoms with Crippen LogP contribution < -0.4 is 10.3 Å². The molecule has 1 aliphatic heterocycles. The van der Waals surface area contributed by atoms with Gasteiger partial charge in [-0.2, -0.15) is 0 Å². The Balaban J connectivity index is 1.60. The Morgan fingerprint density at radius 1 is 1.05 bits per heavy atom. The van der Waals surface area contributed by atoms with Crippen molar-refractivity contribution in [2.45, 2.75) is 30.9 Å². The Hall–Kier alpha value is -3.94. The molecule has 8 heteroatoms. The lowest BCUT2D eigenvalue weighted by molar-refractivity contribution is 0.111. The second-order valence-corrected chi connectivity index (χ2v) is 10.6. The Kier molecular flexibility index (Phi) is 5.22. The predicted molar refractivity (Wildman–Crippen MR) is 146 cm³/mol. The van der Waals surface area contributed by atoms with E-state index in [1.165, 1.54) is 0 Å². The molecule has 3 heterocycles. The highest BCUT2D eigenvalue weighted by Gasteiger charge is 2.39. The van der Waals surface area contributed by atoms with Gasteiger partial charge >= 0.3 is 0 Å². The Labute approximate surface area is 223 Å². The third kappa shape index (κ3) is 3.57. The van der Waals surface area contributed by atoms with Gasteiger partial charge < -0.3 is 19.0 Å². The summed E-state index contributed by atoms with van der Waals surface area (Å²) in [6.07, 6.45) is 4.20. The van der Waals surface area contributed by atoms with Crippen LogP contribution in [-0.4, -0.2) is 31.0 Å². The second-order valence-electron chi connectivity index (χ2n) is 10.1. The number of aryl methyl sites for hydroxylation is 1. The van der Waals surface area contributed by atoms with Gasteiger partial charge in [0.25, 0.3) is 5.56 Å². The number of aromatic nitrogens is 4. The first-order valence-electron chi connectivity index (χ1n) is 12.7. The Morgan fingerprint density at radius 3 is 2.66 bits per heavy atom. The summed E-state index contributed by atoms with van der Waals surface area (Å²) in [7, 11) is 1.80. The number of ether oxygens (including phenoxy) is 1. The fraction of sp³-hybridized carbons (Fsp3) is 0.233. The number of pyridine rings is 1. The summed E-state index contributed by atoms with van der Waals surface area (Å²) in [6.45, 7) is 0.402. The monoisotopic (exact) mass is 524 g/mol. The number of halogens is 1. The fourth-order valence-corrected chi connectivity index (χ4v) is 5.74. The molecule has 1 N–H and O–H groups in total. The van der Waals surface area contributed by atoms with Crippen molar-refractivity contribution in [3.63, 3.8) is 0 Å². The van der Waals surface area contributed by atoms with E-state index in [9.17, 15) is 9.90 Å². The van der Waals surface area contributed by atoms with Crippen LogP contribution >= 0.6 is 11.6 Å². The number of fused-ring (bicyclic) bond motifs is 6. The summed E-state index contributed by atoms with van der Waals surface area (Å²) in [5.74, 6) is 0.846. The predicted octanol–water partition coefficient (Wildman–Crippen LogP) is 5.00. The highest BCUT2D eigenvalue weighted by Crippen LogP contribution is 2.43. The molecule has 7 nitrogen and oxygen atoms in total.